The summed E-state index contributed by atoms with van der Waals surface area (Å²) in [4.78, 5) is 40.8. The molecular formula is C23H27N3O3S. The van der Waals surface area contributed by atoms with E-state index in [1.54, 1.807) is 6.07 Å². The van der Waals surface area contributed by atoms with E-state index in [1.807, 2.05) is 47.5 Å². The maximum absolute atomic E-state index is 12.9. The summed E-state index contributed by atoms with van der Waals surface area (Å²) in [5, 5.41) is 7.85. The molecule has 2 aromatic rings. The number of nitrogens with one attached hydrogen (secondary N) is 2. The number of piperidine rings is 1. The average Bonchev–Trinajstić information content (AvgIpc) is 3.39. The van der Waals surface area contributed by atoms with Gasteiger partial charge in [0.2, 0.25) is 5.91 Å². The number of hydrogen-bond donors (Lipinski definition) is 2. The van der Waals surface area contributed by atoms with E-state index in [-0.39, 0.29) is 29.7 Å². The fourth-order valence-corrected chi connectivity index (χ4v) is 4.58. The number of likely N-dealkylation sites (tertiary alicyclic amines) is 1. The molecule has 0 spiro atoms. The lowest BCUT2D eigenvalue weighted by Gasteiger charge is -2.36. The van der Waals surface area contributed by atoms with Gasteiger partial charge in [0.15, 0.2) is 0 Å². The Kier molecular flexibility index (Phi) is 6.18. The van der Waals surface area contributed by atoms with Gasteiger partial charge in [-0.2, -0.15) is 0 Å². The molecule has 1 saturated heterocycles. The number of thiophene rings is 1. The van der Waals surface area contributed by atoms with Crippen LogP contribution in [0.25, 0.3) is 0 Å². The summed E-state index contributed by atoms with van der Waals surface area (Å²) in [7, 11) is 0. The molecule has 2 fully saturated rings. The summed E-state index contributed by atoms with van der Waals surface area (Å²) in [6.45, 7) is 3.11. The van der Waals surface area contributed by atoms with Gasteiger partial charge in [-0.15, -0.1) is 11.3 Å². The Bertz CT molecular complexity index is 916. The van der Waals surface area contributed by atoms with Gasteiger partial charge in [0, 0.05) is 24.7 Å². The highest BCUT2D eigenvalue weighted by atomic mass is 32.1. The van der Waals surface area contributed by atoms with E-state index in [0.29, 0.717) is 30.8 Å². The first kappa shape index (κ1) is 20.6. The quantitative estimate of drug-likeness (QED) is 0.747. The van der Waals surface area contributed by atoms with Crippen molar-refractivity contribution in [2.45, 2.75) is 44.7 Å². The fraction of sp³-hybridized carbons (Fsp3) is 0.435. The smallest absolute Gasteiger partial charge is 0.262 e. The molecule has 1 aromatic carbocycles. The van der Waals surface area contributed by atoms with Crippen LogP contribution in [-0.2, 0) is 4.79 Å². The molecule has 7 heteroatoms. The van der Waals surface area contributed by atoms with Gasteiger partial charge in [0.05, 0.1) is 4.88 Å². The Morgan fingerprint density at radius 1 is 1.03 bits per heavy atom. The van der Waals surface area contributed by atoms with Crippen LogP contribution in [0.4, 0.5) is 0 Å². The first-order chi connectivity index (χ1) is 14.5. The average molecular weight is 426 g/mol. The van der Waals surface area contributed by atoms with Gasteiger partial charge >= 0.3 is 0 Å². The molecule has 2 aliphatic rings. The molecule has 1 saturated carbocycles. The van der Waals surface area contributed by atoms with Gasteiger partial charge in [-0.25, -0.2) is 0 Å². The van der Waals surface area contributed by atoms with Crippen molar-refractivity contribution in [3.63, 3.8) is 0 Å². The summed E-state index contributed by atoms with van der Waals surface area (Å²) in [5.74, 6) is -0.271. The highest BCUT2D eigenvalue weighted by molar-refractivity contribution is 7.12. The van der Waals surface area contributed by atoms with Gasteiger partial charge < -0.3 is 15.5 Å². The third-order valence-corrected chi connectivity index (χ3v) is 6.78. The van der Waals surface area contributed by atoms with Crippen LogP contribution >= 0.6 is 11.3 Å². The van der Waals surface area contributed by atoms with Crippen molar-refractivity contribution in [1.29, 1.82) is 0 Å². The summed E-state index contributed by atoms with van der Waals surface area (Å²) in [6.07, 6.45) is 3.37. The SMILES string of the molecule is Cc1ccccc1C(=O)N1CCC(C(NC(=O)c2cccs2)C(=O)NC2CC2)CC1. The molecule has 4 rings (SSSR count). The Labute approximate surface area is 180 Å². The zero-order chi connectivity index (χ0) is 21.1. The Hall–Kier alpha value is -2.67. The Balaban J connectivity index is 1.42. The van der Waals surface area contributed by atoms with Crippen molar-refractivity contribution < 1.29 is 14.4 Å². The van der Waals surface area contributed by atoms with Crippen LogP contribution in [0.2, 0.25) is 0 Å². The van der Waals surface area contributed by atoms with Crippen molar-refractivity contribution >= 4 is 29.1 Å². The van der Waals surface area contributed by atoms with Crippen molar-refractivity contribution in [3.8, 4) is 0 Å². The molecule has 158 valence electrons. The lowest BCUT2D eigenvalue weighted by molar-refractivity contribution is -0.124. The van der Waals surface area contributed by atoms with E-state index < -0.39 is 6.04 Å². The first-order valence-electron chi connectivity index (χ1n) is 10.5. The monoisotopic (exact) mass is 425 g/mol. The number of nitrogens with zero attached hydrogens (tertiary/aromatic N) is 1. The van der Waals surface area contributed by atoms with Crippen LogP contribution in [-0.4, -0.2) is 47.8 Å². The number of carbonyl (C=O) groups excluding carboxylic acids is 3. The van der Waals surface area contributed by atoms with Gasteiger partial charge in [-0.05, 0) is 61.6 Å². The largest absolute Gasteiger partial charge is 0.352 e. The molecule has 30 heavy (non-hydrogen) atoms. The molecule has 6 nitrogen and oxygen atoms in total. The molecule has 2 N–H and O–H groups in total. The lowest BCUT2D eigenvalue weighted by Crippen LogP contribution is -2.54. The molecular weight excluding hydrogens is 398 g/mol. The van der Waals surface area contributed by atoms with Crippen LogP contribution < -0.4 is 10.6 Å². The minimum Gasteiger partial charge on any atom is -0.352 e. The van der Waals surface area contributed by atoms with E-state index in [9.17, 15) is 14.4 Å². The lowest BCUT2D eigenvalue weighted by atomic mass is 9.88. The molecule has 1 aliphatic carbocycles. The topological polar surface area (TPSA) is 78.5 Å². The molecule has 0 radical (unpaired) electrons. The molecule has 2 heterocycles. The number of benzene rings is 1. The maximum Gasteiger partial charge on any atom is 0.262 e. The third-order valence-electron chi connectivity index (χ3n) is 5.91. The number of rotatable bonds is 6. The third kappa shape index (κ3) is 4.73. The molecule has 1 atom stereocenters. The second kappa shape index (κ2) is 9.00. The fourth-order valence-electron chi connectivity index (χ4n) is 3.96. The van der Waals surface area contributed by atoms with Crippen LogP contribution in [0.1, 0.15) is 51.3 Å². The van der Waals surface area contributed by atoms with Crippen LogP contribution in [0, 0.1) is 12.8 Å². The first-order valence-corrected chi connectivity index (χ1v) is 11.4. The highest BCUT2D eigenvalue weighted by Crippen LogP contribution is 2.25. The molecule has 1 aromatic heterocycles. The molecule has 1 unspecified atom stereocenters. The highest BCUT2D eigenvalue weighted by Gasteiger charge is 2.36. The van der Waals surface area contributed by atoms with Gasteiger partial charge in [0.1, 0.15) is 6.04 Å². The van der Waals surface area contributed by atoms with E-state index in [2.05, 4.69) is 10.6 Å². The Morgan fingerprint density at radius 2 is 1.77 bits per heavy atom. The van der Waals surface area contributed by atoms with Crippen molar-refractivity contribution in [1.82, 2.24) is 15.5 Å². The van der Waals surface area contributed by atoms with Crippen LogP contribution in [0.15, 0.2) is 41.8 Å². The van der Waals surface area contributed by atoms with E-state index >= 15 is 0 Å². The molecule has 1 aliphatic heterocycles. The standard InChI is InChI=1S/C23H27N3O3S/c1-15-5-2-3-6-18(15)23(29)26-12-10-16(11-13-26)20(22(28)24-17-8-9-17)25-21(27)19-7-4-14-30-19/h2-7,14,16-17,20H,8-13H2,1H3,(H,24,28)(H,25,27). The number of aryl methyl sites for hydroxylation is 1. The number of carbonyl (C=O) groups is 3. The molecule has 0 bridgehead atoms. The van der Waals surface area contributed by atoms with Crippen molar-refractivity contribution in [2.24, 2.45) is 5.92 Å². The van der Waals surface area contributed by atoms with Crippen LogP contribution in [0.5, 0.6) is 0 Å². The minimum atomic E-state index is -0.573. The zero-order valence-corrected chi connectivity index (χ0v) is 17.9. The van der Waals surface area contributed by atoms with E-state index in [1.165, 1.54) is 11.3 Å². The summed E-state index contributed by atoms with van der Waals surface area (Å²) >= 11 is 1.36. The van der Waals surface area contributed by atoms with Crippen LogP contribution in [0.3, 0.4) is 0 Å². The van der Waals surface area contributed by atoms with Crippen molar-refractivity contribution in [3.05, 3.63) is 57.8 Å². The zero-order valence-electron chi connectivity index (χ0n) is 17.1. The normalized spacial score (nSPS) is 18.0. The van der Waals surface area contributed by atoms with Gasteiger partial charge in [0.25, 0.3) is 11.8 Å². The maximum atomic E-state index is 12.9. The second-order valence-corrected chi connectivity index (χ2v) is 9.10. The summed E-state index contributed by atoms with van der Waals surface area (Å²) in [5.41, 5.74) is 1.69. The van der Waals surface area contributed by atoms with E-state index in [4.69, 9.17) is 0 Å². The second-order valence-electron chi connectivity index (χ2n) is 8.16. The van der Waals surface area contributed by atoms with Gasteiger partial charge in [-0.3, -0.25) is 14.4 Å². The van der Waals surface area contributed by atoms with Gasteiger partial charge in [-0.1, -0.05) is 24.3 Å². The molecule has 3 amide bonds. The summed E-state index contributed by atoms with van der Waals surface area (Å²) in [6, 6.07) is 10.9. The van der Waals surface area contributed by atoms with Crippen molar-refractivity contribution in [2.75, 3.05) is 13.1 Å². The Morgan fingerprint density at radius 3 is 2.40 bits per heavy atom. The predicted octanol–water partition coefficient (Wildman–Crippen LogP) is 2.99. The number of hydrogen-bond acceptors (Lipinski definition) is 4. The van der Waals surface area contributed by atoms with E-state index in [0.717, 1.165) is 24.0 Å². The number of amides is 3. The predicted molar refractivity (Wildman–Crippen MR) is 117 cm³/mol. The minimum absolute atomic E-state index is 0.00795. The summed E-state index contributed by atoms with van der Waals surface area (Å²) < 4.78 is 0.